The summed E-state index contributed by atoms with van der Waals surface area (Å²) in [6, 6.07) is 8.27. The van der Waals surface area contributed by atoms with Gasteiger partial charge in [0.1, 0.15) is 0 Å². The molecule has 1 aromatic heterocycles. The van der Waals surface area contributed by atoms with Crippen molar-refractivity contribution in [2.45, 2.75) is 13.3 Å². The Kier molecular flexibility index (Phi) is 3.11. The quantitative estimate of drug-likeness (QED) is 0.860. The highest BCUT2D eigenvalue weighted by atomic mass is 35.5. The van der Waals surface area contributed by atoms with Crippen LogP contribution in [-0.4, -0.2) is 4.98 Å². The Hall–Kier alpha value is -1.54. The standard InChI is InChI=1S/C13H13ClN2/c1-2-9-3-5-10(6-4-9)11-7-16-8-12(14)13(11)15/h3-8H,2H2,1H3,(H2,15,16). The number of nitrogens with zero attached hydrogens (tertiary/aromatic N) is 1. The van der Waals surface area contributed by atoms with Crippen molar-refractivity contribution in [1.82, 2.24) is 4.98 Å². The largest absolute Gasteiger partial charge is 0.397 e. The number of anilines is 1. The average molecular weight is 233 g/mol. The number of nitrogen functional groups attached to an aromatic ring is 1. The molecule has 2 N–H and O–H groups in total. The third-order valence-corrected chi connectivity index (χ3v) is 2.91. The number of nitrogens with two attached hydrogens (primary N) is 1. The van der Waals surface area contributed by atoms with Gasteiger partial charge in [0.05, 0.1) is 10.7 Å². The fourth-order valence-electron chi connectivity index (χ4n) is 1.60. The van der Waals surface area contributed by atoms with Crippen LogP contribution < -0.4 is 5.73 Å². The van der Waals surface area contributed by atoms with E-state index in [-0.39, 0.29) is 0 Å². The molecule has 0 aliphatic heterocycles. The smallest absolute Gasteiger partial charge is 0.0824 e. The molecule has 0 spiro atoms. The van der Waals surface area contributed by atoms with E-state index in [1.807, 2.05) is 12.1 Å². The second kappa shape index (κ2) is 4.54. The molecule has 1 aromatic carbocycles. The molecular weight excluding hydrogens is 220 g/mol. The van der Waals surface area contributed by atoms with E-state index in [1.165, 1.54) is 5.56 Å². The topological polar surface area (TPSA) is 38.9 Å². The first-order valence-electron chi connectivity index (χ1n) is 5.20. The van der Waals surface area contributed by atoms with Crippen LogP contribution in [0.25, 0.3) is 11.1 Å². The van der Waals surface area contributed by atoms with E-state index in [4.69, 9.17) is 17.3 Å². The molecule has 82 valence electrons. The van der Waals surface area contributed by atoms with E-state index in [9.17, 15) is 0 Å². The highest BCUT2D eigenvalue weighted by molar-refractivity contribution is 6.33. The third-order valence-electron chi connectivity index (χ3n) is 2.61. The van der Waals surface area contributed by atoms with Crippen molar-refractivity contribution < 1.29 is 0 Å². The Labute approximate surface area is 100 Å². The molecule has 2 aromatic rings. The summed E-state index contributed by atoms with van der Waals surface area (Å²) in [5.41, 5.74) is 9.73. The molecule has 2 rings (SSSR count). The van der Waals surface area contributed by atoms with Crippen LogP contribution in [0.15, 0.2) is 36.7 Å². The van der Waals surface area contributed by atoms with Gasteiger partial charge in [-0.1, -0.05) is 42.8 Å². The normalized spacial score (nSPS) is 10.4. The number of pyridine rings is 1. The van der Waals surface area contributed by atoms with Gasteiger partial charge >= 0.3 is 0 Å². The zero-order valence-corrected chi connectivity index (χ0v) is 9.83. The lowest BCUT2D eigenvalue weighted by Crippen LogP contribution is -1.92. The van der Waals surface area contributed by atoms with Crippen LogP contribution in [0.1, 0.15) is 12.5 Å². The van der Waals surface area contributed by atoms with Crippen LogP contribution >= 0.6 is 11.6 Å². The predicted octanol–water partition coefficient (Wildman–Crippen LogP) is 3.55. The maximum atomic E-state index is 5.93. The van der Waals surface area contributed by atoms with Gasteiger partial charge in [0, 0.05) is 18.0 Å². The lowest BCUT2D eigenvalue weighted by Gasteiger charge is -2.07. The van der Waals surface area contributed by atoms with Gasteiger partial charge in [-0.05, 0) is 17.5 Å². The Morgan fingerprint density at radius 3 is 2.50 bits per heavy atom. The number of aromatic nitrogens is 1. The van der Waals surface area contributed by atoms with Crippen molar-refractivity contribution in [1.29, 1.82) is 0 Å². The van der Waals surface area contributed by atoms with Crippen molar-refractivity contribution in [2.24, 2.45) is 0 Å². The maximum Gasteiger partial charge on any atom is 0.0824 e. The molecule has 0 bridgehead atoms. The SMILES string of the molecule is CCc1ccc(-c2cncc(Cl)c2N)cc1. The molecule has 0 radical (unpaired) electrons. The van der Waals surface area contributed by atoms with Crippen LogP contribution in [0.5, 0.6) is 0 Å². The molecule has 16 heavy (non-hydrogen) atoms. The summed E-state index contributed by atoms with van der Waals surface area (Å²) >= 11 is 5.93. The lowest BCUT2D eigenvalue weighted by atomic mass is 10.0. The summed E-state index contributed by atoms with van der Waals surface area (Å²) in [4.78, 5) is 4.05. The summed E-state index contributed by atoms with van der Waals surface area (Å²) in [5, 5.41) is 0.497. The summed E-state index contributed by atoms with van der Waals surface area (Å²) in [7, 11) is 0. The van der Waals surface area contributed by atoms with Gasteiger partial charge in [-0.25, -0.2) is 0 Å². The molecule has 3 heteroatoms. The van der Waals surface area contributed by atoms with Crippen molar-refractivity contribution in [3.8, 4) is 11.1 Å². The first-order chi connectivity index (χ1) is 7.72. The fraction of sp³-hybridized carbons (Fsp3) is 0.154. The predicted molar refractivity (Wildman–Crippen MR) is 68.5 cm³/mol. The van der Waals surface area contributed by atoms with Gasteiger partial charge in [-0.15, -0.1) is 0 Å². The van der Waals surface area contributed by atoms with Crippen molar-refractivity contribution in [3.63, 3.8) is 0 Å². The first kappa shape index (κ1) is 11.0. The molecule has 0 aliphatic carbocycles. The molecule has 0 amide bonds. The number of halogens is 1. The first-order valence-corrected chi connectivity index (χ1v) is 5.58. The van der Waals surface area contributed by atoms with Gasteiger partial charge in [-0.2, -0.15) is 0 Å². The summed E-state index contributed by atoms with van der Waals surface area (Å²) in [6.07, 6.45) is 4.33. The van der Waals surface area contributed by atoms with Crippen molar-refractivity contribution >= 4 is 17.3 Å². The van der Waals surface area contributed by atoms with E-state index < -0.39 is 0 Å². The maximum absolute atomic E-state index is 5.93. The van der Waals surface area contributed by atoms with Gasteiger partial charge < -0.3 is 5.73 Å². The highest BCUT2D eigenvalue weighted by Gasteiger charge is 2.05. The van der Waals surface area contributed by atoms with E-state index in [0.717, 1.165) is 17.5 Å². The fourth-order valence-corrected chi connectivity index (χ4v) is 1.75. The van der Waals surface area contributed by atoms with E-state index >= 15 is 0 Å². The molecule has 0 unspecified atom stereocenters. The second-order valence-corrected chi connectivity index (χ2v) is 4.04. The van der Waals surface area contributed by atoms with Gasteiger partial charge in [-0.3, -0.25) is 4.98 Å². The van der Waals surface area contributed by atoms with Crippen molar-refractivity contribution in [3.05, 3.63) is 47.2 Å². The molecular formula is C13H13ClN2. The molecule has 0 saturated carbocycles. The van der Waals surface area contributed by atoms with Gasteiger partial charge in [0.15, 0.2) is 0 Å². The van der Waals surface area contributed by atoms with Crippen LogP contribution in [0.4, 0.5) is 5.69 Å². The van der Waals surface area contributed by atoms with Gasteiger partial charge in [0.25, 0.3) is 0 Å². The number of hydrogen-bond donors (Lipinski definition) is 1. The Balaban J connectivity index is 2.46. The monoisotopic (exact) mass is 232 g/mol. The molecule has 0 atom stereocenters. The Morgan fingerprint density at radius 2 is 1.88 bits per heavy atom. The van der Waals surface area contributed by atoms with E-state index in [1.54, 1.807) is 12.4 Å². The number of aryl methyl sites for hydroxylation is 1. The third kappa shape index (κ3) is 2.02. The minimum atomic E-state index is 0.497. The van der Waals surface area contributed by atoms with E-state index in [2.05, 4.69) is 24.0 Å². The van der Waals surface area contributed by atoms with Crippen molar-refractivity contribution in [2.75, 3.05) is 5.73 Å². The molecule has 0 saturated heterocycles. The number of rotatable bonds is 2. The van der Waals surface area contributed by atoms with E-state index in [0.29, 0.717) is 10.7 Å². The number of hydrogen-bond acceptors (Lipinski definition) is 2. The number of benzene rings is 1. The van der Waals surface area contributed by atoms with Crippen LogP contribution in [0.2, 0.25) is 5.02 Å². The zero-order valence-electron chi connectivity index (χ0n) is 9.07. The highest BCUT2D eigenvalue weighted by Crippen LogP contribution is 2.30. The summed E-state index contributed by atoms with van der Waals surface area (Å²) in [6.45, 7) is 2.13. The van der Waals surface area contributed by atoms with Crippen LogP contribution in [0, 0.1) is 0 Å². The van der Waals surface area contributed by atoms with Crippen LogP contribution in [0.3, 0.4) is 0 Å². The molecule has 0 aliphatic rings. The molecule has 0 fully saturated rings. The minimum absolute atomic E-state index is 0.497. The Bertz CT molecular complexity index is 492. The molecule has 1 heterocycles. The second-order valence-electron chi connectivity index (χ2n) is 3.63. The zero-order chi connectivity index (χ0) is 11.5. The Morgan fingerprint density at radius 1 is 1.19 bits per heavy atom. The van der Waals surface area contributed by atoms with Crippen LogP contribution in [-0.2, 0) is 6.42 Å². The summed E-state index contributed by atoms with van der Waals surface area (Å²) in [5.74, 6) is 0. The average Bonchev–Trinajstić information content (AvgIpc) is 2.33. The minimum Gasteiger partial charge on any atom is -0.397 e. The summed E-state index contributed by atoms with van der Waals surface area (Å²) < 4.78 is 0. The molecule has 2 nitrogen and oxygen atoms in total. The van der Waals surface area contributed by atoms with Gasteiger partial charge in [0.2, 0.25) is 0 Å². The lowest BCUT2D eigenvalue weighted by molar-refractivity contribution is 1.14.